The Morgan fingerprint density at radius 1 is 1.15 bits per heavy atom. The molecule has 2 aromatic carbocycles. The van der Waals surface area contributed by atoms with Crippen molar-refractivity contribution in [1.29, 1.82) is 0 Å². The minimum Gasteiger partial charge on any atom is -0.465 e. The number of rotatable bonds is 5. The van der Waals surface area contributed by atoms with Gasteiger partial charge in [-0.1, -0.05) is 23.7 Å². The second kappa shape index (κ2) is 7.96. The lowest BCUT2D eigenvalue weighted by Crippen LogP contribution is -2.22. The lowest BCUT2D eigenvalue weighted by atomic mass is 10.2. The van der Waals surface area contributed by atoms with E-state index >= 15 is 0 Å². The first kappa shape index (κ1) is 18.5. The predicted molar refractivity (Wildman–Crippen MR) is 94.3 cm³/mol. The molecule has 1 aliphatic heterocycles. The normalized spacial score (nSPS) is 11.6. The highest BCUT2D eigenvalue weighted by molar-refractivity contribution is 6.32. The molecule has 8 nitrogen and oxygen atoms in total. The third-order valence-electron chi connectivity index (χ3n) is 3.60. The highest BCUT2D eigenvalue weighted by Crippen LogP contribution is 2.39. The summed E-state index contributed by atoms with van der Waals surface area (Å²) in [6.45, 7) is -0.546. The van der Waals surface area contributed by atoms with Crippen LogP contribution < -0.4 is 14.8 Å². The number of carbonyl (C=O) groups excluding carboxylic acids is 3. The van der Waals surface area contributed by atoms with E-state index in [-0.39, 0.29) is 28.6 Å². The smallest absolute Gasteiger partial charge is 0.339 e. The summed E-state index contributed by atoms with van der Waals surface area (Å²) in [5.74, 6) is -1.30. The number of fused-ring (bicyclic) bond motifs is 1. The zero-order valence-corrected chi connectivity index (χ0v) is 14.9. The van der Waals surface area contributed by atoms with Crippen molar-refractivity contribution < 1.29 is 33.3 Å². The molecule has 0 saturated carbocycles. The van der Waals surface area contributed by atoms with Crippen LogP contribution in [-0.2, 0) is 14.3 Å². The Balaban J connectivity index is 1.62. The molecule has 0 bridgehead atoms. The van der Waals surface area contributed by atoms with Gasteiger partial charge in [0.1, 0.15) is 0 Å². The van der Waals surface area contributed by atoms with Gasteiger partial charge in [0.05, 0.1) is 28.9 Å². The molecule has 1 heterocycles. The van der Waals surface area contributed by atoms with Gasteiger partial charge < -0.3 is 24.3 Å². The lowest BCUT2D eigenvalue weighted by Gasteiger charge is -2.10. The molecule has 27 heavy (non-hydrogen) atoms. The number of carbonyl (C=O) groups is 3. The maximum atomic E-state index is 12.1. The minimum absolute atomic E-state index is 0.00949. The molecule has 0 aliphatic carbocycles. The van der Waals surface area contributed by atoms with Gasteiger partial charge in [0.2, 0.25) is 6.79 Å². The second-order valence-electron chi connectivity index (χ2n) is 5.35. The summed E-state index contributed by atoms with van der Waals surface area (Å²) in [7, 11) is 1.24. The van der Waals surface area contributed by atoms with Crippen LogP contribution in [-0.4, -0.2) is 38.4 Å². The van der Waals surface area contributed by atoms with Crippen molar-refractivity contribution in [3.8, 4) is 11.5 Å². The number of amides is 1. The molecule has 1 amide bonds. The number of ether oxygens (including phenoxy) is 4. The first-order valence-corrected chi connectivity index (χ1v) is 8.11. The van der Waals surface area contributed by atoms with Crippen LogP contribution in [0.2, 0.25) is 5.02 Å². The van der Waals surface area contributed by atoms with Crippen LogP contribution in [0.15, 0.2) is 36.4 Å². The van der Waals surface area contributed by atoms with Crippen molar-refractivity contribution in [2.24, 2.45) is 0 Å². The molecule has 0 saturated heterocycles. The Hall–Kier alpha value is -3.26. The van der Waals surface area contributed by atoms with Crippen LogP contribution in [0, 0.1) is 0 Å². The molecule has 0 fully saturated rings. The first-order valence-electron chi connectivity index (χ1n) is 7.73. The highest BCUT2D eigenvalue weighted by Gasteiger charge is 2.22. The number of esters is 2. The average molecular weight is 392 g/mol. The summed E-state index contributed by atoms with van der Waals surface area (Å²) in [6.07, 6.45) is 0. The Labute approximate surface area is 158 Å². The molecule has 1 aliphatic rings. The second-order valence-corrected chi connectivity index (χ2v) is 5.76. The first-order chi connectivity index (χ1) is 13.0. The van der Waals surface area contributed by atoms with Crippen LogP contribution in [0.5, 0.6) is 11.5 Å². The molecule has 0 unspecified atom stereocenters. The standard InChI is InChI=1S/C18H14ClNO7/c1-24-18(23)11-4-2-3-5-13(11)20-15(21)8-25-17(22)10-6-12(19)16-14(7-10)26-9-27-16/h2-7H,8-9H2,1H3,(H,20,21). The van der Waals surface area contributed by atoms with E-state index in [4.69, 9.17) is 25.8 Å². The number of hydrogen-bond donors (Lipinski definition) is 1. The third-order valence-corrected chi connectivity index (χ3v) is 3.88. The Morgan fingerprint density at radius 2 is 1.93 bits per heavy atom. The van der Waals surface area contributed by atoms with E-state index in [2.05, 4.69) is 10.1 Å². The summed E-state index contributed by atoms with van der Waals surface area (Å²) in [4.78, 5) is 35.9. The van der Waals surface area contributed by atoms with Crippen molar-refractivity contribution in [3.63, 3.8) is 0 Å². The zero-order chi connectivity index (χ0) is 19.4. The van der Waals surface area contributed by atoms with E-state index in [1.54, 1.807) is 12.1 Å². The fraction of sp³-hybridized carbons (Fsp3) is 0.167. The van der Waals surface area contributed by atoms with Crippen molar-refractivity contribution in [2.75, 3.05) is 25.8 Å². The maximum Gasteiger partial charge on any atom is 0.339 e. The van der Waals surface area contributed by atoms with Gasteiger partial charge in [-0.2, -0.15) is 0 Å². The zero-order valence-electron chi connectivity index (χ0n) is 14.1. The number of nitrogens with one attached hydrogen (secondary N) is 1. The number of anilines is 1. The van der Waals surface area contributed by atoms with E-state index < -0.39 is 24.5 Å². The molecule has 2 aromatic rings. The number of methoxy groups -OCH3 is 1. The molecule has 0 atom stereocenters. The van der Waals surface area contributed by atoms with E-state index in [1.165, 1.54) is 31.4 Å². The summed E-state index contributed by atoms with van der Waals surface area (Å²) in [5.41, 5.74) is 0.547. The number of para-hydroxylation sites is 1. The third kappa shape index (κ3) is 4.12. The van der Waals surface area contributed by atoms with Crippen molar-refractivity contribution in [1.82, 2.24) is 0 Å². The molecule has 0 aromatic heterocycles. The number of hydrogen-bond acceptors (Lipinski definition) is 7. The van der Waals surface area contributed by atoms with Crippen LogP contribution in [0.1, 0.15) is 20.7 Å². The van der Waals surface area contributed by atoms with Crippen molar-refractivity contribution in [2.45, 2.75) is 0 Å². The lowest BCUT2D eigenvalue weighted by molar-refractivity contribution is -0.119. The average Bonchev–Trinajstić information content (AvgIpc) is 3.15. The monoisotopic (exact) mass is 391 g/mol. The predicted octanol–water partition coefficient (Wildman–Crippen LogP) is 2.65. The number of halogens is 1. The Bertz CT molecular complexity index is 913. The van der Waals surface area contributed by atoms with Crippen LogP contribution in [0.4, 0.5) is 5.69 Å². The van der Waals surface area contributed by atoms with E-state index in [9.17, 15) is 14.4 Å². The van der Waals surface area contributed by atoms with Gasteiger partial charge in [-0.25, -0.2) is 9.59 Å². The minimum atomic E-state index is -0.758. The SMILES string of the molecule is COC(=O)c1ccccc1NC(=O)COC(=O)c1cc(Cl)c2c(c1)OCO2. The van der Waals surface area contributed by atoms with Gasteiger partial charge in [0, 0.05) is 0 Å². The molecular weight excluding hydrogens is 378 g/mol. The Kier molecular flexibility index (Phi) is 5.46. The summed E-state index contributed by atoms with van der Waals surface area (Å²) in [6, 6.07) is 9.09. The number of benzene rings is 2. The van der Waals surface area contributed by atoms with Crippen molar-refractivity contribution >= 4 is 35.1 Å². The van der Waals surface area contributed by atoms with Gasteiger partial charge in [-0.15, -0.1) is 0 Å². The van der Waals surface area contributed by atoms with Crippen LogP contribution >= 0.6 is 11.6 Å². The van der Waals surface area contributed by atoms with E-state index in [1.807, 2.05) is 0 Å². The largest absolute Gasteiger partial charge is 0.465 e. The topological polar surface area (TPSA) is 100 Å². The molecule has 0 radical (unpaired) electrons. The molecule has 0 spiro atoms. The molecule has 140 valence electrons. The van der Waals surface area contributed by atoms with E-state index in [0.29, 0.717) is 11.5 Å². The molecule has 9 heteroatoms. The van der Waals surface area contributed by atoms with Gasteiger partial charge >= 0.3 is 11.9 Å². The molecular formula is C18H14ClNO7. The maximum absolute atomic E-state index is 12.1. The fourth-order valence-electron chi connectivity index (χ4n) is 2.37. The summed E-state index contributed by atoms with van der Waals surface area (Å²) in [5, 5.41) is 2.70. The van der Waals surface area contributed by atoms with Crippen molar-refractivity contribution in [3.05, 3.63) is 52.5 Å². The quantitative estimate of drug-likeness (QED) is 0.782. The van der Waals surface area contributed by atoms with E-state index in [0.717, 1.165) is 0 Å². The molecule has 3 rings (SSSR count). The fourth-order valence-corrected chi connectivity index (χ4v) is 2.63. The van der Waals surface area contributed by atoms with Gasteiger partial charge in [0.25, 0.3) is 5.91 Å². The highest BCUT2D eigenvalue weighted by atomic mass is 35.5. The van der Waals surface area contributed by atoms with Crippen LogP contribution in [0.3, 0.4) is 0 Å². The Morgan fingerprint density at radius 3 is 2.70 bits per heavy atom. The van der Waals surface area contributed by atoms with Crippen LogP contribution in [0.25, 0.3) is 0 Å². The summed E-state index contributed by atoms with van der Waals surface area (Å²) < 4.78 is 20.0. The van der Waals surface area contributed by atoms with Gasteiger partial charge in [-0.3, -0.25) is 4.79 Å². The van der Waals surface area contributed by atoms with Gasteiger partial charge in [-0.05, 0) is 24.3 Å². The van der Waals surface area contributed by atoms with Gasteiger partial charge in [0.15, 0.2) is 18.1 Å². The molecule has 1 N–H and O–H groups in total. The summed E-state index contributed by atoms with van der Waals surface area (Å²) >= 11 is 6.01.